The third-order valence-corrected chi connectivity index (χ3v) is 8.91. The number of nitrogens with one attached hydrogen (secondary N) is 2. The van der Waals surface area contributed by atoms with Crippen LogP contribution >= 0.6 is 0 Å². The first-order valence-corrected chi connectivity index (χ1v) is 13.5. The molecule has 0 saturated heterocycles. The Hall–Kier alpha value is -4.22. The highest BCUT2D eigenvalue weighted by Crippen LogP contribution is 2.49. The molecule has 40 heavy (non-hydrogen) atoms. The molecule has 202 valence electrons. The maximum atomic E-state index is 13.8. The Morgan fingerprint density at radius 3 is 1.68 bits per heavy atom. The van der Waals surface area contributed by atoms with E-state index in [9.17, 15) is 29.6 Å². The summed E-state index contributed by atoms with van der Waals surface area (Å²) in [5.41, 5.74) is 2.43. The highest BCUT2D eigenvalue weighted by Gasteiger charge is 2.47. The van der Waals surface area contributed by atoms with Crippen LogP contribution in [0.25, 0.3) is 32.7 Å². The molecule has 0 radical (unpaired) electrons. The summed E-state index contributed by atoms with van der Waals surface area (Å²) in [6, 6.07) is 5.90. The topological polar surface area (TPSA) is 127 Å². The molecule has 4 unspecified atom stereocenters. The van der Waals surface area contributed by atoms with E-state index in [0.29, 0.717) is 62.3 Å². The van der Waals surface area contributed by atoms with Gasteiger partial charge in [0.15, 0.2) is 11.4 Å². The van der Waals surface area contributed by atoms with Crippen molar-refractivity contribution in [2.45, 2.75) is 52.6 Å². The molecule has 0 fully saturated rings. The van der Waals surface area contributed by atoms with Crippen molar-refractivity contribution in [3.8, 4) is 0 Å². The summed E-state index contributed by atoms with van der Waals surface area (Å²) in [6.07, 6.45) is 3.81. The maximum Gasteiger partial charge on any atom is 0.267 e. The molecule has 4 aliphatic rings. The SMILES string of the molecule is CCC(C)N1C(=O)C2=C[NH+]([O-])c3c4ccc5c6c4c(c4ccc(c2c34)C1=O)[NH+](O)C=C6C(=O)N(C(C)CC)C5=O. The van der Waals surface area contributed by atoms with Gasteiger partial charge in [0.05, 0.1) is 21.5 Å². The lowest BCUT2D eigenvalue weighted by atomic mass is 9.80. The van der Waals surface area contributed by atoms with Gasteiger partial charge in [0.25, 0.3) is 23.6 Å². The number of benzene rings is 3. The average Bonchev–Trinajstić information content (AvgIpc) is 2.94. The van der Waals surface area contributed by atoms with E-state index in [-0.39, 0.29) is 34.0 Å². The van der Waals surface area contributed by atoms with Gasteiger partial charge >= 0.3 is 0 Å². The number of fused-ring (bicyclic) bond motifs is 2. The summed E-state index contributed by atoms with van der Waals surface area (Å²) >= 11 is 0. The second-order valence-electron chi connectivity index (χ2n) is 10.9. The molecular weight excluding hydrogens is 512 g/mol. The molecule has 7 rings (SSSR count). The molecule has 0 aromatic heterocycles. The predicted octanol–water partition coefficient (Wildman–Crippen LogP) is 2.18. The standard InChI is InChI=1S/C30H26N4O6/c1-5-13(3)33-27(35)17-9-7-15-23-21(17)19(29(33)37)11-31(39)25(23)16-8-10-18-22-20(12-32(40)26(15)24(16)22)30(38)34(28(18)36)14(4)6-2/h7-14,31,40H,5-6H2,1-4H3/p+1. The largest absolute Gasteiger partial charge is 0.624 e. The highest BCUT2D eigenvalue weighted by molar-refractivity contribution is 6.39. The third-order valence-electron chi connectivity index (χ3n) is 8.91. The van der Waals surface area contributed by atoms with Crippen molar-refractivity contribution in [2.75, 3.05) is 0 Å². The molecule has 4 aliphatic heterocycles. The van der Waals surface area contributed by atoms with E-state index in [0.717, 1.165) is 0 Å². The summed E-state index contributed by atoms with van der Waals surface area (Å²) in [5.74, 6) is -1.86. The third kappa shape index (κ3) is 2.80. The van der Waals surface area contributed by atoms with Crippen LogP contribution in [0.2, 0.25) is 0 Å². The smallest absolute Gasteiger partial charge is 0.267 e. The fourth-order valence-corrected chi connectivity index (χ4v) is 6.61. The molecular formula is C30H27N4O6+. The lowest BCUT2D eigenvalue weighted by Crippen LogP contribution is -3.00. The Labute approximate surface area is 228 Å². The summed E-state index contributed by atoms with van der Waals surface area (Å²) in [6.45, 7) is 7.37. The fraction of sp³-hybridized carbons (Fsp3) is 0.267. The Balaban J connectivity index is 1.60. The normalized spacial score (nSPS) is 22.6. The average molecular weight is 540 g/mol. The molecule has 3 N–H and O–H groups in total. The minimum atomic E-state index is -0.519. The van der Waals surface area contributed by atoms with Gasteiger partial charge in [-0.2, -0.15) is 0 Å². The Kier molecular flexibility index (Phi) is 5.05. The second-order valence-corrected chi connectivity index (χ2v) is 10.9. The molecule has 0 bridgehead atoms. The van der Waals surface area contributed by atoms with Crippen LogP contribution in [0.15, 0.2) is 36.7 Å². The lowest BCUT2D eigenvalue weighted by Gasteiger charge is -2.38. The molecule has 4 atom stereocenters. The van der Waals surface area contributed by atoms with E-state index >= 15 is 0 Å². The minimum absolute atomic E-state index is 0.156. The molecule has 4 amide bonds. The van der Waals surface area contributed by atoms with Crippen molar-refractivity contribution in [1.29, 1.82) is 0 Å². The number of carbonyl (C=O) groups is 4. The van der Waals surface area contributed by atoms with Gasteiger partial charge in [0, 0.05) is 34.3 Å². The number of hydrogen-bond acceptors (Lipinski definition) is 6. The fourth-order valence-electron chi connectivity index (χ4n) is 6.61. The zero-order valence-corrected chi connectivity index (χ0v) is 22.4. The van der Waals surface area contributed by atoms with Crippen LogP contribution in [0.1, 0.15) is 72.4 Å². The Morgan fingerprint density at radius 1 is 0.725 bits per heavy atom. The highest BCUT2D eigenvalue weighted by atomic mass is 16.5. The molecule has 0 saturated carbocycles. The van der Waals surface area contributed by atoms with Gasteiger partial charge in [-0.1, -0.05) is 13.8 Å². The molecule has 4 heterocycles. The predicted molar refractivity (Wildman–Crippen MR) is 146 cm³/mol. The summed E-state index contributed by atoms with van der Waals surface area (Å²) in [5, 5.41) is 26.4. The zero-order chi connectivity index (χ0) is 28.4. The zero-order valence-electron chi connectivity index (χ0n) is 22.4. The first-order chi connectivity index (χ1) is 19.1. The number of amides is 4. The van der Waals surface area contributed by atoms with E-state index in [1.807, 2.05) is 13.8 Å². The monoisotopic (exact) mass is 539 g/mol. The first-order valence-electron chi connectivity index (χ1n) is 13.5. The van der Waals surface area contributed by atoms with E-state index in [4.69, 9.17) is 0 Å². The molecule has 3 aromatic rings. The summed E-state index contributed by atoms with van der Waals surface area (Å²) in [4.78, 5) is 56.7. The van der Waals surface area contributed by atoms with Crippen molar-refractivity contribution in [3.63, 3.8) is 0 Å². The maximum absolute atomic E-state index is 13.8. The van der Waals surface area contributed by atoms with E-state index in [1.165, 1.54) is 22.2 Å². The molecule has 3 aromatic carbocycles. The molecule has 10 heteroatoms. The second kappa shape index (κ2) is 8.15. The number of nitrogens with zero attached hydrogens (tertiary/aromatic N) is 2. The van der Waals surface area contributed by atoms with Crippen LogP contribution in [-0.4, -0.2) is 50.7 Å². The van der Waals surface area contributed by atoms with Gasteiger partial charge < -0.3 is 10.3 Å². The summed E-state index contributed by atoms with van der Waals surface area (Å²) < 4.78 is 0. The van der Waals surface area contributed by atoms with Gasteiger partial charge in [-0.25, -0.2) is 5.21 Å². The van der Waals surface area contributed by atoms with E-state index in [1.54, 1.807) is 38.1 Å². The van der Waals surface area contributed by atoms with Crippen LogP contribution < -0.4 is 10.1 Å². The molecule has 10 nitrogen and oxygen atoms in total. The van der Waals surface area contributed by atoms with Gasteiger partial charge in [-0.05, 0) is 51.0 Å². The number of hydrogen-bond donors (Lipinski definition) is 3. The van der Waals surface area contributed by atoms with Gasteiger partial charge in [0.2, 0.25) is 0 Å². The van der Waals surface area contributed by atoms with Gasteiger partial charge in [-0.3, -0.25) is 29.0 Å². The van der Waals surface area contributed by atoms with Crippen molar-refractivity contribution in [3.05, 3.63) is 64.1 Å². The molecule has 0 spiro atoms. The van der Waals surface area contributed by atoms with Crippen LogP contribution in [0.5, 0.6) is 0 Å². The number of hydroxylamine groups is 2. The van der Waals surface area contributed by atoms with Crippen LogP contribution in [0, 0.1) is 5.21 Å². The van der Waals surface area contributed by atoms with Crippen molar-refractivity contribution >= 4 is 67.7 Å². The van der Waals surface area contributed by atoms with E-state index < -0.39 is 28.7 Å². The van der Waals surface area contributed by atoms with Gasteiger partial charge in [-0.15, -0.1) is 5.06 Å². The van der Waals surface area contributed by atoms with E-state index in [2.05, 4.69) is 0 Å². The number of imide groups is 2. The Morgan fingerprint density at radius 2 is 1.18 bits per heavy atom. The van der Waals surface area contributed by atoms with Crippen molar-refractivity contribution < 1.29 is 34.5 Å². The van der Waals surface area contributed by atoms with Gasteiger partial charge in [0.1, 0.15) is 23.5 Å². The molecule has 0 aliphatic carbocycles. The van der Waals surface area contributed by atoms with Crippen molar-refractivity contribution in [2.24, 2.45) is 0 Å². The first kappa shape index (κ1) is 24.8. The number of quaternary nitrogens is 2. The number of rotatable bonds is 4. The van der Waals surface area contributed by atoms with Crippen LogP contribution in [0.3, 0.4) is 0 Å². The lowest BCUT2D eigenvalue weighted by molar-refractivity contribution is -0.988. The minimum Gasteiger partial charge on any atom is -0.624 e. The summed E-state index contributed by atoms with van der Waals surface area (Å²) in [7, 11) is 0. The quantitative estimate of drug-likeness (QED) is 0.265. The van der Waals surface area contributed by atoms with Crippen LogP contribution in [0.4, 0.5) is 11.4 Å². The Bertz CT molecular complexity index is 1710. The van der Waals surface area contributed by atoms with Crippen molar-refractivity contribution in [1.82, 2.24) is 9.80 Å². The van der Waals surface area contributed by atoms with Crippen LogP contribution in [-0.2, 0) is 9.59 Å². The number of carbonyl (C=O) groups excluding carboxylic acids is 4.